The summed E-state index contributed by atoms with van der Waals surface area (Å²) in [6.07, 6.45) is 2.21. The minimum atomic E-state index is 0.125. The molecule has 1 aromatic rings. The first-order valence-electron chi connectivity index (χ1n) is 9.06. The molecule has 2 aliphatic rings. The van der Waals surface area contributed by atoms with Gasteiger partial charge in [-0.2, -0.15) is 0 Å². The van der Waals surface area contributed by atoms with Crippen molar-refractivity contribution in [1.82, 2.24) is 14.7 Å². The Morgan fingerprint density at radius 1 is 1.00 bits per heavy atom. The van der Waals surface area contributed by atoms with Crippen LogP contribution in [0.15, 0.2) is 24.3 Å². The van der Waals surface area contributed by atoms with Crippen molar-refractivity contribution in [2.24, 2.45) is 0 Å². The van der Waals surface area contributed by atoms with Crippen LogP contribution in [0.4, 0.5) is 0 Å². The van der Waals surface area contributed by atoms with E-state index in [2.05, 4.69) is 0 Å². The van der Waals surface area contributed by atoms with Crippen molar-refractivity contribution in [2.75, 3.05) is 53.0 Å². The highest BCUT2D eigenvalue weighted by molar-refractivity contribution is 5.94. The van der Waals surface area contributed by atoms with E-state index in [0.29, 0.717) is 39.4 Å². The minimum Gasteiger partial charge on any atom is -0.378 e. The second-order valence-corrected chi connectivity index (χ2v) is 6.86. The maximum Gasteiger partial charge on any atom is 0.253 e. The standard InChI is InChI=1S/C19H27N3O3/c1-20(15-18(23)21-10-12-25-13-11-21)14-16-4-6-17(7-5-16)19(24)22-8-2-3-9-22/h4-7H,2-3,8-15H2,1H3. The third kappa shape index (κ3) is 4.80. The maximum atomic E-state index is 12.4. The number of carbonyl (C=O) groups is 2. The number of hydrogen-bond donors (Lipinski definition) is 0. The zero-order chi connectivity index (χ0) is 17.6. The zero-order valence-corrected chi connectivity index (χ0v) is 14.9. The highest BCUT2D eigenvalue weighted by Gasteiger charge is 2.20. The summed E-state index contributed by atoms with van der Waals surface area (Å²) in [6.45, 7) is 5.44. The lowest BCUT2D eigenvalue weighted by atomic mass is 10.1. The van der Waals surface area contributed by atoms with Crippen LogP contribution in [-0.2, 0) is 16.1 Å². The van der Waals surface area contributed by atoms with E-state index in [1.54, 1.807) is 0 Å². The molecule has 0 spiro atoms. The van der Waals surface area contributed by atoms with Gasteiger partial charge in [-0.15, -0.1) is 0 Å². The normalized spacial score (nSPS) is 18.0. The van der Waals surface area contributed by atoms with Crippen LogP contribution in [0.3, 0.4) is 0 Å². The van der Waals surface area contributed by atoms with Crippen molar-refractivity contribution in [3.05, 3.63) is 35.4 Å². The molecule has 3 rings (SSSR count). The highest BCUT2D eigenvalue weighted by Crippen LogP contribution is 2.14. The van der Waals surface area contributed by atoms with Crippen molar-refractivity contribution >= 4 is 11.8 Å². The summed E-state index contributed by atoms with van der Waals surface area (Å²) in [5, 5.41) is 0. The number of rotatable bonds is 5. The van der Waals surface area contributed by atoms with Crippen LogP contribution in [0.1, 0.15) is 28.8 Å². The van der Waals surface area contributed by atoms with E-state index < -0.39 is 0 Å². The Balaban J connectivity index is 1.50. The average molecular weight is 345 g/mol. The Hall–Kier alpha value is -1.92. The lowest BCUT2D eigenvalue weighted by molar-refractivity contribution is -0.136. The molecule has 2 saturated heterocycles. The summed E-state index contributed by atoms with van der Waals surface area (Å²) >= 11 is 0. The van der Waals surface area contributed by atoms with Gasteiger partial charge in [0, 0.05) is 38.3 Å². The molecule has 0 saturated carbocycles. The van der Waals surface area contributed by atoms with E-state index in [1.165, 1.54) is 0 Å². The van der Waals surface area contributed by atoms with E-state index in [4.69, 9.17) is 4.74 Å². The molecule has 0 aromatic heterocycles. The van der Waals surface area contributed by atoms with Gasteiger partial charge in [0.2, 0.25) is 5.91 Å². The molecular formula is C19H27N3O3. The summed E-state index contributed by atoms with van der Waals surface area (Å²) in [6, 6.07) is 7.76. The predicted molar refractivity (Wildman–Crippen MR) is 95.3 cm³/mol. The van der Waals surface area contributed by atoms with Gasteiger partial charge in [0.05, 0.1) is 19.8 Å². The quantitative estimate of drug-likeness (QED) is 0.805. The van der Waals surface area contributed by atoms with Crippen molar-refractivity contribution in [3.63, 3.8) is 0 Å². The van der Waals surface area contributed by atoms with Crippen LogP contribution in [0.25, 0.3) is 0 Å². The van der Waals surface area contributed by atoms with E-state index in [1.807, 2.05) is 46.0 Å². The fourth-order valence-electron chi connectivity index (χ4n) is 3.37. The number of amides is 2. The summed E-state index contributed by atoms with van der Waals surface area (Å²) in [4.78, 5) is 30.4. The molecule has 2 amide bonds. The van der Waals surface area contributed by atoms with Crippen LogP contribution in [0.2, 0.25) is 0 Å². The van der Waals surface area contributed by atoms with Gasteiger partial charge in [-0.1, -0.05) is 12.1 Å². The SMILES string of the molecule is CN(CC(=O)N1CCOCC1)Cc1ccc(C(=O)N2CCCC2)cc1. The van der Waals surface area contributed by atoms with Gasteiger partial charge >= 0.3 is 0 Å². The van der Waals surface area contributed by atoms with Crippen molar-refractivity contribution in [3.8, 4) is 0 Å². The summed E-state index contributed by atoms with van der Waals surface area (Å²) < 4.78 is 5.28. The molecule has 0 aliphatic carbocycles. The first-order chi connectivity index (χ1) is 12.1. The van der Waals surface area contributed by atoms with Crippen molar-refractivity contribution < 1.29 is 14.3 Å². The average Bonchev–Trinajstić information content (AvgIpc) is 3.17. The van der Waals surface area contributed by atoms with E-state index >= 15 is 0 Å². The second kappa shape index (κ2) is 8.45. The molecule has 1 aromatic carbocycles. The third-order valence-electron chi connectivity index (χ3n) is 4.82. The van der Waals surface area contributed by atoms with Gasteiger partial charge in [-0.25, -0.2) is 0 Å². The molecule has 0 atom stereocenters. The first-order valence-corrected chi connectivity index (χ1v) is 9.06. The zero-order valence-electron chi connectivity index (χ0n) is 14.9. The number of ether oxygens (including phenoxy) is 1. The topological polar surface area (TPSA) is 53.1 Å². The Bertz CT molecular complexity index is 590. The monoisotopic (exact) mass is 345 g/mol. The molecule has 6 heteroatoms. The number of hydrogen-bond acceptors (Lipinski definition) is 4. The molecule has 0 radical (unpaired) electrons. The summed E-state index contributed by atoms with van der Waals surface area (Å²) in [5.41, 5.74) is 1.85. The van der Waals surface area contributed by atoms with Gasteiger partial charge in [-0.3, -0.25) is 14.5 Å². The molecule has 2 aliphatic heterocycles. The molecule has 2 heterocycles. The molecule has 0 unspecified atom stereocenters. The number of carbonyl (C=O) groups excluding carboxylic acids is 2. The van der Waals surface area contributed by atoms with Crippen molar-refractivity contribution in [1.29, 1.82) is 0 Å². The Morgan fingerprint density at radius 2 is 1.64 bits per heavy atom. The van der Waals surface area contributed by atoms with Crippen LogP contribution in [0, 0.1) is 0 Å². The summed E-state index contributed by atoms with van der Waals surface area (Å²) in [7, 11) is 1.95. The molecule has 25 heavy (non-hydrogen) atoms. The van der Waals surface area contributed by atoms with Crippen LogP contribution in [-0.4, -0.2) is 79.5 Å². The Labute approximate surface area is 149 Å². The molecule has 136 valence electrons. The Morgan fingerprint density at radius 3 is 2.28 bits per heavy atom. The minimum absolute atomic E-state index is 0.125. The van der Waals surface area contributed by atoms with Crippen molar-refractivity contribution in [2.45, 2.75) is 19.4 Å². The smallest absolute Gasteiger partial charge is 0.253 e. The predicted octanol–water partition coefficient (Wildman–Crippen LogP) is 1.21. The number of likely N-dealkylation sites (tertiary alicyclic amines) is 1. The maximum absolute atomic E-state index is 12.4. The van der Waals surface area contributed by atoms with E-state index in [0.717, 1.165) is 37.1 Å². The Kier molecular flexibility index (Phi) is 6.04. The van der Waals surface area contributed by atoms with Gasteiger partial charge in [0.1, 0.15) is 0 Å². The fourth-order valence-corrected chi connectivity index (χ4v) is 3.37. The number of benzene rings is 1. The van der Waals surface area contributed by atoms with E-state index in [9.17, 15) is 9.59 Å². The molecular weight excluding hydrogens is 318 g/mol. The van der Waals surface area contributed by atoms with Gasteiger partial charge in [-0.05, 0) is 37.6 Å². The highest BCUT2D eigenvalue weighted by atomic mass is 16.5. The molecule has 0 bridgehead atoms. The second-order valence-electron chi connectivity index (χ2n) is 6.86. The first kappa shape index (κ1) is 17.9. The number of morpholine rings is 1. The number of likely N-dealkylation sites (N-methyl/N-ethyl adjacent to an activating group) is 1. The van der Waals surface area contributed by atoms with Gasteiger partial charge in [0.25, 0.3) is 5.91 Å². The van der Waals surface area contributed by atoms with E-state index in [-0.39, 0.29) is 11.8 Å². The largest absolute Gasteiger partial charge is 0.378 e. The summed E-state index contributed by atoms with van der Waals surface area (Å²) in [5.74, 6) is 0.270. The van der Waals surface area contributed by atoms with Crippen LogP contribution < -0.4 is 0 Å². The molecule has 0 N–H and O–H groups in total. The van der Waals surface area contributed by atoms with Crippen LogP contribution >= 0.6 is 0 Å². The van der Waals surface area contributed by atoms with Gasteiger partial charge in [0.15, 0.2) is 0 Å². The molecule has 6 nitrogen and oxygen atoms in total. The van der Waals surface area contributed by atoms with Crippen LogP contribution in [0.5, 0.6) is 0 Å². The fraction of sp³-hybridized carbons (Fsp3) is 0.579. The molecule has 2 fully saturated rings. The number of nitrogens with zero attached hydrogens (tertiary/aromatic N) is 3. The lowest BCUT2D eigenvalue weighted by Gasteiger charge is -2.28. The lowest BCUT2D eigenvalue weighted by Crippen LogP contribution is -2.44. The third-order valence-corrected chi connectivity index (χ3v) is 4.82. The van der Waals surface area contributed by atoms with Gasteiger partial charge < -0.3 is 14.5 Å².